The van der Waals surface area contributed by atoms with Gasteiger partial charge in [0.05, 0.1) is 22.6 Å². The van der Waals surface area contributed by atoms with Gasteiger partial charge in [0.2, 0.25) is 0 Å². The van der Waals surface area contributed by atoms with E-state index in [9.17, 15) is 17.6 Å². The second-order valence-electron chi connectivity index (χ2n) is 6.30. The number of rotatable bonds is 7. The van der Waals surface area contributed by atoms with Crippen molar-refractivity contribution in [1.29, 1.82) is 5.26 Å². The fourth-order valence-electron chi connectivity index (χ4n) is 2.53. The van der Waals surface area contributed by atoms with Crippen LogP contribution >= 0.6 is 0 Å². The summed E-state index contributed by atoms with van der Waals surface area (Å²) in [5.41, 5.74) is 1.02. The van der Waals surface area contributed by atoms with E-state index in [0.717, 1.165) is 12.1 Å². The number of nitrogens with zero attached hydrogens (tertiary/aromatic N) is 1. The van der Waals surface area contributed by atoms with Crippen LogP contribution in [-0.4, -0.2) is 26.3 Å². The molecule has 0 aliphatic heterocycles. The molecule has 2 rings (SSSR count). The van der Waals surface area contributed by atoms with Crippen molar-refractivity contribution in [1.82, 2.24) is 5.32 Å². The maximum Gasteiger partial charge on any atom is 0.412 e. The van der Waals surface area contributed by atoms with Crippen molar-refractivity contribution in [2.75, 3.05) is 5.75 Å². The number of nitriles is 1. The molecule has 8 heteroatoms. The van der Waals surface area contributed by atoms with Crippen molar-refractivity contribution in [2.24, 2.45) is 0 Å². The van der Waals surface area contributed by atoms with Gasteiger partial charge in [-0.1, -0.05) is 19.1 Å². The molecule has 1 unspecified atom stereocenters. The van der Waals surface area contributed by atoms with Crippen molar-refractivity contribution in [3.05, 3.63) is 65.5 Å². The summed E-state index contributed by atoms with van der Waals surface area (Å²) >= 11 is 0. The average Bonchev–Trinajstić information content (AvgIpc) is 2.68. The third-order valence-electron chi connectivity index (χ3n) is 4.32. The van der Waals surface area contributed by atoms with Crippen molar-refractivity contribution < 1.29 is 22.3 Å². The smallest absolute Gasteiger partial charge is 0.410 e. The minimum atomic E-state index is -3.57. The Hall–Kier alpha value is -2.92. The number of sulfone groups is 1. The van der Waals surface area contributed by atoms with Crippen LogP contribution in [0.25, 0.3) is 0 Å². The SMILES string of the molecule is CC[C@@H](CS(=O)(=O)C(C)c1ccc(C#N)cc1)NC(=O)Oc1ccc(F)cc1. The molecule has 1 amide bonds. The van der Waals surface area contributed by atoms with Crippen molar-refractivity contribution >= 4 is 15.9 Å². The third kappa shape index (κ3) is 5.79. The summed E-state index contributed by atoms with van der Waals surface area (Å²) in [6.07, 6.45) is -0.419. The largest absolute Gasteiger partial charge is 0.412 e. The van der Waals surface area contributed by atoms with Crippen molar-refractivity contribution in [3.8, 4) is 11.8 Å². The molecule has 0 fully saturated rings. The molecule has 0 spiro atoms. The zero-order valence-electron chi connectivity index (χ0n) is 15.6. The van der Waals surface area contributed by atoms with Crippen molar-refractivity contribution in [3.63, 3.8) is 0 Å². The highest BCUT2D eigenvalue weighted by Crippen LogP contribution is 2.24. The first kappa shape index (κ1) is 21.4. The molecular formula is C20H21FN2O4S. The highest BCUT2D eigenvalue weighted by Gasteiger charge is 2.27. The summed E-state index contributed by atoms with van der Waals surface area (Å²) in [4.78, 5) is 12.0. The minimum absolute atomic E-state index is 0.155. The number of carbonyl (C=O) groups excluding carboxylic acids is 1. The van der Waals surface area contributed by atoms with Crippen LogP contribution < -0.4 is 10.1 Å². The molecule has 0 aliphatic rings. The Labute approximate surface area is 163 Å². The van der Waals surface area contributed by atoms with Gasteiger partial charge in [0.15, 0.2) is 9.84 Å². The van der Waals surface area contributed by atoms with Gasteiger partial charge in [-0.15, -0.1) is 0 Å². The lowest BCUT2D eigenvalue weighted by Crippen LogP contribution is -2.41. The number of amides is 1. The van der Waals surface area contributed by atoms with Crippen LogP contribution in [0.5, 0.6) is 5.75 Å². The van der Waals surface area contributed by atoms with Gasteiger partial charge in [0, 0.05) is 6.04 Å². The second kappa shape index (κ2) is 9.33. The quantitative estimate of drug-likeness (QED) is 0.758. The van der Waals surface area contributed by atoms with Gasteiger partial charge in [-0.25, -0.2) is 17.6 Å². The number of hydrogen-bond acceptors (Lipinski definition) is 5. The molecule has 0 radical (unpaired) electrons. The van der Waals surface area contributed by atoms with Gasteiger partial charge in [-0.05, 0) is 55.3 Å². The fourth-order valence-corrected chi connectivity index (χ4v) is 4.27. The molecule has 6 nitrogen and oxygen atoms in total. The highest BCUT2D eigenvalue weighted by molar-refractivity contribution is 7.91. The topological polar surface area (TPSA) is 96.3 Å². The first-order valence-electron chi connectivity index (χ1n) is 8.70. The molecule has 0 saturated carbocycles. The molecule has 148 valence electrons. The first-order valence-corrected chi connectivity index (χ1v) is 10.4. The number of nitrogens with one attached hydrogen (secondary N) is 1. The van der Waals surface area contributed by atoms with E-state index < -0.39 is 33.0 Å². The lowest BCUT2D eigenvalue weighted by atomic mass is 10.1. The molecule has 0 aliphatic carbocycles. The molecule has 28 heavy (non-hydrogen) atoms. The summed E-state index contributed by atoms with van der Waals surface area (Å²) in [5, 5.41) is 10.6. The van der Waals surface area contributed by atoms with Crippen LogP contribution in [0.4, 0.5) is 9.18 Å². The summed E-state index contributed by atoms with van der Waals surface area (Å²) in [6, 6.07) is 12.6. The first-order chi connectivity index (χ1) is 13.2. The fraction of sp³-hybridized carbons (Fsp3) is 0.300. The summed E-state index contributed by atoms with van der Waals surface area (Å²) < 4.78 is 43.4. The van der Waals surface area contributed by atoms with Gasteiger partial charge >= 0.3 is 6.09 Å². The summed E-state index contributed by atoms with van der Waals surface area (Å²) in [6.45, 7) is 3.32. The molecule has 2 aromatic rings. The lowest BCUT2D eigenvalue weighted by Gasteiger charge is -2.20. The highest BCUT2D eigenvalue weighted by atomic mass is 32.2. The van der Waals surface area contributed by atoms with Gasteiger partial charge in [-0.2, -0.15) is 5.26 Å². The molecule has 0 saturated heterocycles. The molecule has 0 heterocycles. The van der Waals surface area contributed by atoms with Gasteiger partial charge in [0.25, 0.3) is 0 Å². The second-order valence-corrected chi connectivity index (χ2v) is 8.66. The molecule has 0 aromatic heterocycles. The summed E-state index contributed by atoms with van der Waals surface area (Å²) in [7, 11) is -3.57. The van der Waals surface area contributed by atoms with E-state index in [1.165, 1.54) is 12.1 Å². The minimum Gasteiger partial charge on any atom is -0.410 e. The van der Waals surface area contributed by atoms with E-state index >= 15 is 0 Å². The van der Waals surface area contributed by atoms with E-state index in [4.69, 9.17) is 10.00 Å². The number of halogens is 1. The predicted molar refractivity (Wildman–Crippen MR) is 103 cm³/mol. The van der Waals surface area contributed by atoms with Gasteiger partial charge in [0.1, 0.15) is 11.6 Å². The summed E-state index contributed by atoms with van der Waals surface area (Å²) in [5.74, 6) is -0.562. The Balaban J connectivity index is 2.01. The number of carbonyl (C=O) groups is 1. The Kier molecular flexibility index (Phi) is 7.12. The van der Waals surface area contributed by atoms with E-state index in [1.54, 1.807) is 38.1 Å². The zero-order chi connectivity index (χ0) is 20.7. The van der Waals surface area contributed by atoms with Crippen LogP contribution in [0.2, 0.25) is 0 Å². The Bertz CT molecular complexity index is 951. The molecule has 1 N–H and O–H groups in total. The lowest BCUT2D eigenvalue weighted by molar-refractivity contribution is 0.196. The van der Waals surface area contributed by atoms with E-state index in [1.807, 2.05) is 6.07 Å². The van der Waals surface area contributed by atoms with E-state index in [0.29, 0.717) is 17.5 Å². The standard InChI is InChI=1S/C20H21FN2O4S/c1-3-18(23-20(24)27-19-10-8-17(21)9-11-19)13-28(25,26)14(2)16-6-4-15(12-22)5-7-16/h4-11,14,18H,3,13H2,1-2H3,(H,23,24)/t14?,18-/m0/s1. The number of ether oxygens (including phenoxy) is 1. The zero-order valence-corrected chi connectivity index (χ0v) is 16.4. The van der Waals surface area contributed by atoms with Crippen LogP contribution in [0, 0.1) is 17.1 Å². The number of hydrogen-bond donors (Lipinski definition) is 1. The average molecular weight is 404 g/mol. The maximum atomic E-state index is 12.9. The number of benzene rings is 2. The Morgan fingerprint density at radius 3 is 2.32 bits per heavy atom. The molecule has 2 atom stereocenters. The third-order valence-corrected chi connectivity index (χ3v) is 6.54. The molecular weight excluding hydrogens is 383 g/mol. The van der Waals surface area contributed by atoms with Crippen LogP contribution in [0.1, 0.15) is 36.6 Å². The van der Waals surface area contributed by atoms with Crippen LogP contribution in [0.15, 0.2) is 48.5 Å². The van der Waals surface area contributed by atoms with Crippen LogP contribution in [0.3, 0.4) is 0 Å². The maximum absolute atomic E-state index is 12.9. The monoisotopic (exact) mass is 404 g/mol. The van der Waals surface area contributed by atoms with Gasteiger partial charge < -0.3 is 10.1 Å². The van der Waals surface area contributed by atoms with E-state index in [2.05, 4.69) is 5.32 Å². The van der Waals surface area contributed by atoms with E-state index in [-0.39, 0.29) is 11.5 Å². The van der Waals surface area contributed by atoms with Crippen LogP contribution in [-0.2, 0) is 9.84 Å². The molecule has 2 aromatic carbocycles. The predicted octanol–water partition coefficient (Wildman–Crippen LogP) is 3.74. The van der Waals surface area contributed by atoms with Gasteiger partial charge in [-0.3, -0.25) is 0 Å². The Morgan fingerprint density at radius 1 is 1.18 bits per heavy atom. The Morgan fingerprint density at radius 2 is 1.79 bits per heavy atom. The normalized spacial score (nSPS) is 13.2. The van der Waals surface area contributed by atoms with Crippen molar-refractivity contribution in [2.45, 2.75) is 31.6 Å². The molecule has 0 bridgehead atoms.